The Morgan fingerprint density at radius 1 is 1.29 bits per heavy atom. The molecule has 0 radical (unpaired) electrons. The average molecular weight is 200 g/mol. The highest BCUT2D eigenvalue weighted by Gasteiger charge is 2.30. The molecular formula is C9H7F3N2. The topological polar surface area (TPSA) is 17.8 Å². The van der Waals surface area contributed by atoms with Crippen LogP contribution in [0.5, 0.6) is 0 Å². The lowest BCUT2D eigenvalue weighted by molar-refractivity contribution is -0.137. The van der Waals surface area contributed by atoms with E-state index in [1.807, 2.05) is 0 Å². The van der Waals surface area contributed by atoms with Crippen LogP contribution in [0.4, 0.5) is 13.2 Å². The summed E-state index contributed by atoms with van der Waals surface area (Å²) in [6.07, 6.45) is -2.81. The Bertz CT molecular complexity index is 470. The van der Waals surface area contributed by atoms with Crippen molar-refractivity contribution in [2.75, 3.05) is 0 Å². The maximum Gasteiger partial charge on any atom is 0.416 e. The molecule has 2 rings (SSSR count). The highest BCUT2D eigenvalue weighted by atomic mass is 19.4. The number of aromatic nitrogens is 2. The normalized spacial score (nSPS) is 12.3. The number of hydrogen-bond acceptors (Lipinski definition) is 1. The van der Waals surface area contributed by atoms with E-state index in [-0.39, 0.29) is 0 Å². The molecule has 0 saturated carbocycles. The first kappa shape index (κ1) is 9.05. The second-order valence-corrected chi connectivity index (χ2v) is 3.06. The van der Waals surface area contributed by atoms with Crippen molar-refractivity contribution in [2.45, 2.75) is 6.18 Å². The van der Waals surface area contributed by atoms with E-state index in [9.17, 15) is 13.2 Å². The Morgan fingerprint density at radius 2 is 2.00 bits per heavy atom. The molecule has 14 heavy (non-hydrogen) atoms. The standard InChI is InChI=1S/C9H7F3N2/c1-14-5-13-7-4-6(9(10,11)12)2-3-8(7)14/h2-5H,1H3. The summed E-state index contributed by atoms with van der Waals surface area (Å²) < 4.78 is 38.5. The largest absolute Gasteiger partial charge is 0.416 e. The van der Waals surface area contributed by atoms with Crippen LogP contribution in [0, 0.1) is 0 Å². The van der Waals surface area contributed by atoms with Gasteiger partial charge in [0, 0.05) is 7.05 Å². The fourth-order valence-corrected chi connectivity index (χ4v) is 1.31. The first-order chi connectivity index (χ1) is 6.48. The molecule has 2 nitrogen and oxygen atoms in total. The minimum Gasteiger partial charge on any atom is -0.334 e. The van der Waals surface area contributed by atoms with Gasteiger partial charge in [-0.05, 0) is 18.2 Å². The van der Waals surface area contributed by atoms with Gasteiger partial charge in [0.1, 0.15) is 0 Å². The van der Waals surface area contributed by atoms with Gasteiger partial charge in [-0.2, -0.15) is 13.2 Å². The van der Waals surface area contributed by atoms with Gasteiger partial charge in [-0.25, -0.2) is 4.98 Å². The minimum absolute atomic E-state index is 0.363. The molecule has 0 atom stereocenters. The molecule has 0 spiro atoms. The molecule has 2 aromatic rings. The Kier molecular flexibility index (Phi) is 1.77. The quantitative estimate of drug-likeness (QED) is 0.639. The maximum atomic E-state index is 12.3. The fourth-order valence-electron chi connectivity index (χ4n) is 1.31. The minimum atomic E-state index is -4.30. The molecule has 0 amide bonds. The van der Waals surface area contributed by atoms with Gasteiger partial charge in [-0.3, -0.25) is 0 Å². The Hall–Kier alpha value is -1.52. The van der Waals surface area contributed by atoms with E-state index in [0.717, 1.165) is 12.1 Å². The van der Waals surface area contributed by atoms with E-state index in [4.69, 9.17) is 0 Å². The van der Waals surface area contributed by atoms with Crippen molar-refractivity contribution in [3.8, 4) is 0 Å². The van der Waals surface area contributed by atoms with Crippen LogP contribution in [0.25, 0.3) is 11.0 Å². The highest BCUT2D eigenvalue weighted by Crippen LogP contribution is 2.30. The van der Waals surface area contributed by atoms with Crippen molar-refractivity contribution >= 4 is 11.0 Å². The lowest BCUT2D eigenvalue weighted by atomic mass is 10.2. The third-order valence-corrected chi connectivity index (χ3v) is 2.05. The van der Waals surface area contributed by atoms with Crippen LogP contribution in [-0.4, -0.2) is 9.55 Å². The molecule has 1 aromatic carbocycles. The molecule has 1 heterocycles. The smallest absolute Gasteiger partial charge is 0.334 e. The van der Waals surface area contributed by atoms with Crippen LogP contribution in [0.3, 0.4) is 0 Å². The van der Waals surface area contributed by atoms with Crippen LogP contribution in [-0.2, 0) is 13.2 Å². The van der Waals surface area contributed by atoms with Crippen molar-refractivity contribution in [2.24, 2.45) is 7.05 Å². The van der Waals surface area contributed by atoms with Crippen molar-refractivity contribution in [1.29, 1.82) is 0 Å². The van der Waals surface area contributed by atoms with Gasteiger partial charge in [0.2, 0.25) is 0 Å². The zero-order valence-electron chi connectivity index (χ0n) is 7.34. The van der Waals surface area contributed by atoms with Gasteiger partial charge in [0.15, 0.2) is 0 Å². The summed E-state index contributed by atoms with van der Waals surface area (Å²) in [6.45, 7) is 0. The van der Waals surface area contributed by atoms with E-state index in [1.165, 1.54) is 12.4 Å². The molecule has 0 aliphatic rings. The van der Waals surface area contributed by atoms with E-state index < -0.39 is 11.7 Å². The molecule has 0 N–H and O–H groups in total. The van der Waals surface area contributed by atoms with Crippen molar-refractivity contribution in [3.05, 3.63) is 30.1 Å². The highest BCUT2D eigenvalue weighted by molar-refractivity contribution is 5.76. The maximum absolute atomic E-state index is 12.3. The number of aryl methyl sites for hydroxylation is 1. The fraction of sp³-hybridized carbons (Fsp3) is 0.222. The van der Waals surface area contributed by atoms with Gasteiger partial charge in [-0.15, -0.1) is 0 Å². The third-order valence-electron chi connectivity index (χ3n) is 2.05. The van der Waals surface area contributed by atoms with Gasteiger partial charge >= 0.3 is 6.18 Å². The average Bonchev–Trinajstić information content (AvgIpc) is 2.46. The van der Waals surface area contributed by atoms with Crippen LogP contribution in [0.2, 0.25) is 0 Å². The predicted octanol–water partition coefficient (Wildman–Crippen LogP) is 2.59. The molecule has 1 aromatic heterocycles. The number of fused-ring (bicyclic) bond motifs is 1. The summed E-state index contributed by atoms with van der Waals surface area (Å²) in [5.74, 6) is 0. The zero-order valence-corrected chi connectivity index (χ0v) is 7.34. The number of halogens is 3. The van der Waals surface area contributed by atoms with E-state index in [0.29, 0.717) is 11.0 Å². The second kappa shape index (κ2) is 2.73. The number of imidazole rings is 1. The van der Waals surface area contributed by atoms with Crippen LogP contribution >= 0.6 is 0 Å². The lowest BCUT2D eigenvalue weighted by Gasteiger charge is -2.05. The Labute approximate surface area is 78.0 Å². The SMILES string of the molecule is Cn1cnc2cc(C(F)(F)F)ccc21. The number of alkyl halides is 3. The molecule has 0 fully saturated rings. The first-order valence-electron chi connectivity index (χ1n) is 3.97. The molecule has 5 heteroatoms. The molecule has 0 aliphatic carbocycles. The summed E-state index contributed by atoms with van der Waals surface area (Å²) >= 11 is 0. The number of nitrogens with zero attached hydrogens (tertiary/aromatic N) is 2. The van der Waals surface area contributed by atoms with Gasteiger partial charge in [0.25, 0.3) is 0 Å². The Balaban J connectivity index is 2.63. The number of rotatable bonds is 0. The van der Waals surface area contributed by atoms with Gasteiger partial charge < -0.3 is 4.57 Å². The van der Waals surface area contributed by atoms with Crippen LogP contribution in [0.1, 0.15) is 5.56 Å². The van der Waals surface area contributed by atoms with Crippen molar-refractivity contribution < 1.29 is 13.2 Å². The monoisotopic (exact) mass is 200 g/mol. The number of benzene rings is 1. The zero-order chi connectivity index (χ0) is 10.3. The van der Waals surface area contributed by atoms with E-state index in [1.54, 1.807) is 11.6 Å². The summed E-state index contributed by atoms with van der Waals surface area (Å²) in [4.78, 5) is 3.86. The third kappa shape index (κ3) is 1.34. The predicted molar refractivity (Wildman–Crippen MR) is 45.7 cm³/mol. The van der Waals surface area contributed by atoms with Gasteiger partial charge in [-0.1, -0.05) is 0 Å². The van der Waals surface area contributed by atoms with Crippen molar-refractivity contribution in [1.82, 2.24) is 9.55 Å². The van der Waals surface area contributed by atoms with E-state index in [2.05, 4.69) is 4.98 Å². The summed E-state index contributed by atoms with van der Waals surface area (Å²) in [6, 6.07) is 3.53. The molecule has 0 bridgehead atoms. The summed E-state index contributed by atoms with van der Waals surface area (Å²) in [5, 5.41) is 0. The summed E-state index contributed by atoms with van der Waals surface area (Å²) in [5.41, 5.74) is 0.393. The molecule has 0 unspecified atom stereocenters. The second-order valence-electron chi connectivity index (χ2n) is 3.06. The summed E-state index contributed by atoms with van der Waals surface area (Å²) in [7, 11) is 1.74. The number of hydrogen-bond donors (Lipinski definition) is 0. The Morgan fingerprint density at radius 3 is 2.64 bits per heavy atom. The van der Waals surface area contributed by atoms with Crippen LogP contribution < -0.4 is 0 Å². The molecular weight excluding hydrogens is 193 g/mol. The van der Waals surface area contributed by atoms with E-state index >= 15 is 0 Å². The molecule has 0 saturated heterocycles. The van der Waals surface area contributed by atoms with Gasteiger partial charge in [0.05, 0.1) is 22.9 Å². The van der Waals surface area contributed by atoms with Crippen LogP contribution in [0.15, 0.2) is 24.5 Å². The lowest BCUT2D eigenvalue weighted by Crippen LogP contribution is -2.04. The molecule has 0 aliphatic heterocycles. The first-order valence-corrected chi connectivity index (χ1v) is 3.97. The van der Waals surface area contributed by atoms with Crippen molar-refractivity contribution in [3.63, 3.8) is 0 Å². The molecule has 74 valence electrons.